The Morgan fingerprint density at radius 3 is 2.80 bits per heavy atom. The molecule has 0 saturated heterocycles. The molecule has 0 atom stereocenters. The zero-order valence-electron chi connectivity index (χ0n) is 11.4. The topological polar surface area (TPSA) is 34.1 Å². The molecule has 0 radical (unpaired) electrons. The van der Waals surface area contributed by atoms with Crippen LogP contribution in [0.15, 0.2) is 36.5 Å². The van der Waals surface area contributed by atoms with Gasteiger partial charge in [0.05, 0.1) is 11.8 Å². The number of nitrogens with zero attached hydrogens (tertiary/aromatic N) is 1. The van der Waals surface area contributed by atoms with Crippen LogP contribution in [0.2, 0.25) is 5.02 Å². The molecule has 0 bridgehead atoms. The number of hydrogen-bond donors (Lipinski definition) is 1. The predicted octanol–water partition coefficient (Wildman–Crippen LogP) is 4.27. The average molecular weight is 295 g/mol. The molecule has 1 heterocycles. The second kappa shape index (κ2) is 6.57. The van der Waals surface area contributed by atoms with Crippen molar-refractivity contribution in [3.8, 4) is 5.88 Å². The molecule has 3 nitrogen and oxygen atoms in total. The van der Waals surface area contributed by atoms with Crippen LogP contribution in [0.3, 0.4) is 0 Å². The molecule has 0 unspecified atom stereocenters. The minimum atomic E-state index is -0.333. The van der Waals surface area contributed by atoms with Crippen LogP contribution in [0.5, 0.6) is 5.88 Å². The molecule has 0 amide bonds. The fraction of sp³-hybridized carbons (Fsp3) is 0.267. The maximum Gasteiger partial charge on any atom is 0.237 e. The molecule has 0 aliphatic rings. The highest BCUT2D eigenvalue weighted by atomic mass is 35.5. The van der Waals surface area contributed by atoms with Crippen LogP contribution >= 0.6 is 11.6 Å². The maximum absolute atomic E-state index is 13.7. The maximum atomic E-state index is 13.7. The molecule has 0 saturated carbocycles. The average Bonchev–Trinajstić information content (AvgIpc) is 2.39. The number of pyridine rings is 1. The van der Waals surface area contributed by atoms with Crippen LogP contribution in [0.1, 0.15) is 19.4 Å². The summed E-state index contributed by atoms with van der Waals surface area (Å²) in [4.78, 5) is 4.16. The Balaban J connectivity index is 2.15. The van der Waals surface area contributed by atoms with E-state index >= 15 is 0 Å². The van der Waals surface area contributed by atoms with Gasteiger partial charge in [-0.25, -0.2) is 9.37 Å². The first-order valence-electron chi connectivity index (χ1n) is 6.36. The lowest BCUT2D eigenvalue weighted by atomic mass is 10.2. The summed E-state index contributed by atoms with van der Waals surface area (Å²) in [6.45, 7) is 4.12. The number of anilines is 1. The second-order valence-corrected chi connectivity index (χ2v) is 4.98. The van der Waals surface area contributed by atoms with E-state index in [0.717, 1.165) is 0 Å². The molecule has 1 N–H and O–H groups in total. The summed E-state index contributed by atoms with van der Waals surface area (Å²) in [5, 5.41) is 3.50. The largest absolute Gasteiger partial charge is 0.473 e. The van der Waals surface area contributed by atoms with Crippen molar-refractivity contribution in [2.75, 3.05) is 5.32 Å². The van der Waals surface area contributed by atoms with E-state index in [1.807, 2.05) is 19.9 Å². The Bertz CT molecular complexity index is 570. The summed E-state index contributed by atoms with van der Waals surface area (Å²) >= 11 is 5.99. The van der Waals surface area contributed by atoms with Gasteiger partial charge in [-0.3, -0.25) is 0 Å². The Hall–Kier alpha value is -1.81. The highest BCUT2D eigenvalue weighted by Gasteiger charge is 2.10. The SMILES string of the molecule is CC(C)Oc1ncccc1NCc1c(F)cccc1Cl. The smallest absolute Gasteiger partial charge is 0.237 e. The standard InChI is InChI=1S/C15H16ClFN2O/c1-10(2)20-15-14(7-4-8-18-15)19-9-11-12(16)5-3-6-13(11)17/h3-8,10,19H,9H2,1-2H3. The van der Waals surface area contributed by atoms with Crippen molar-refractivity contribution in [3.05, 3.63) is 52.9 Å². The van der Waals surface area contributed by atoms with Crippen molar-refractivity contribution >= 4 is 17.3 Å². The normalized spacial score (nSPS) is 10.7. The van der Waals surface area contributed by atoms with Gasteiger partial charge in [0.1, 0.15) is 5.82 Å². The van der Waals surface area contributed by atoms with Gasteiger partial charge >= 0.3 is 0 Å². The molecule has 106 valence electrons. The van der Waals surface area contributed by atoms with Gasteiger partial charge in [0.2, 0.25) is 5.88 Å². The van der Waals surface area contributed by atoms with Crippen molar-refractivity contribution in [1.29, 1.82) is 0 Å². The summed E-state index contributed by atoms with van der Waals surface area (Å²) in [5.41, 5.74) is 1.13. The van der Waals surface area contributed by atoms with Crippen LogP contribution in [0.4, 0.5) is 10.1 Å². The fourth-order valence-corrected chi connectivity index (χ4v) is 1.96. The van der Waals surface area contributed by atoms with Crippen molar-refractivity contribution in [3.63, 3.8) is 0 Å². The van der Waals surface area contributed by atoms with Crippen molar-refractivity contribution in [2.45, 2.75) is 26.5 Å². The van der Waals surface area contributed by atoms with Crippen LogP contribution in [-0.2, 0) is 6.54 Å². The molecule has 20 heavy (non-hydrogen) atoms. The number of rotatable bonds is 5. The molecular weight excluding hydrogens is 279 g/mol. The molecule has 0 aliphatic carbocycles. The Labute approximate surface area is 122 Å². The lowest BCUT2D eigenvalue weighted by Gasteiger charge is -2.14. The summed E-state index contributed by atoms with van der Waals surface area (Å²) in [5.74, 6) is 0.162. The summed E-state index contributed by atoms with van der Waals surface area (Å²) in [6, 6.07) is 8.25. The molecule has 1 aromatic carbocycles. The van der Waals surface area contributed by atoms with Gasteiger partial charge in [0.15, 0.2) is 0 Å². The molecule has 2 aromatic rings. The van der Waals surface area contributed by atoms with E-state index in [4.69, 9.17) is 16.3 Å². The Morgan fingerprint density at radius 2 is 2.10 bits per heavy atom. The molecule has 5 heteroatoms. The van der Waals surface area contributed by atoms with E-state index in [0.29, 0.717) is 22.2 Å². The predicted molar refractivity (Wildman–Crippen MR) is 78.7 cm³/mol. The molecule has 0 spiro atoms. The fourth-order valence-electron chi connectivity index (χ4n) is 1.73. The van der Waals surface area contributed by atoms with Crippen LogP contribution in [0, 0.1) is 5.82 Å². The number of benzene rings is 1. The number of halogens is 2. The van der Waals surface area contributed by atoms with Gasteiger partial charge in [-0.1, -0.05) is 17.7 Å². The number of hydrogen-bond acceptors (Lipinski definition) is 3. The third-order valence-corrected chi connectivity index (χ3v) is 2.99. The highest BCUT2D eigenvalue weighted by molar-refractivity contribution is 6.31. The Kier molecular flexibility index (Phi) is 4.79. The molecule has 0 aliphatic heterocycles. The summed E-state index contributed by atoms with van der Waals surface area (Å²) in [6.07, 6.45) is 1.67. The van der Waals surface area contributed by atoms with E-state index in [2.05, 4.69) is 10.3 Å². The van der Waals surface area contributed by atoms with E-state index in [1.165, 1.54) is 6.07 Å². The molecule has 2 rings (SSSR count). The van der Waals surface area contributed by atoms with Crippen molar-refractivity contribution in [2.24, 2.45) is 0 Å². The lowest BCUT2D eigenvalue weighted by molar-refractivity contribution is 0.234. The van der Waals surface area contributed by atoms with E-state index in [9.17, 15) is 4.39 Å². The Morgan fingerprint density at radius 1 is 1.30 bits per heavy atom. The quantitative estimate of drug-likeness (QED) is 0.894. The first-order chi connectivity index (χ1) is 9.58. The van der Waals surface area contributed by atoms with Crippen LogP contribution in [0.25, 0.3) is 0 Å². The van der Waals surface area contributed by atoms with E-state index < -0.39 is 0 Å². The van der Waals surface area contributed by atoms with Gasteiger partial charge in [0.25, 0.3) is 0 Å². The van der Waals surface area contributed by atoms with E-state index in [1.54, 1.807) is 24.4 Å². The molecule has 0 fully saturated rings. The third kappa shape index (κ3) is 3.61. The number of ether oxygens (including phenoxy) is 1. The minimum absolute atomic E-state index is 0.0162. The van der Waals surface area contributed by atoms with Crippen molar-refractivity contribution in [1.82, 2.24) is 4.98 Å². The summed E-state index contributed by atoms with van der Waals surface area (Å²) < 4.78 is 19.3. The molecular formula is C15H16ClFN2O. The van der Waals surface area contributed by atoms with Crippen LogP contribution in [-0.4, -0.2) is 11.1 Å². The van der Waals surface area contributed by atoms with E-state index in [-0.39, 0.29) is 18.5 Å². The minimum Gasteiger partial charge on any atom is -0.473 e. The first kappa shape index (κ1) is 14.6. The first-order valence-corrected chi connectivity index (χ1v) is 6.74. The highest BCUT2D eigenvalue weighted by Crippen LogP contribution is 2.25. The van der Waals surface area contributed by atoms with Gasteiger partial charge in [-0.15, -0.1) is 0 Å². The monoisotopic (exact) mass is 294 g/mol. The second-order valence-electron chi connectivity index (χ2n) is 4.58. The number of aromatic nitrogens is 1. The molecule has 1 aromatic heterocycles. The van der Waals surface area contributed by atoms with Crippen molar-refractivity contribution < 1.29 is 9.13 Å². The summed E-state index contributed by atoms with van der Waals surface area (Å²) in [7, 11) is 0. The van der Waals surface area contributed by atoms with Gasteiger partial charge in [0, 0.05) is 23.3 Å². The third-order valence-electron chi connectivity index (χ3n) is 2.64. The zero-order valence-corrected chi connectivity index (χ0v) is 12.1. The number of nitrogens with one attached hydrogen (secondary N) is 1. The van der Waals surface area contributed by atoms with Gasteiger partial charge in [-0.2, -0.15) is 0 Å². The lowest BCUT2D eigenvalue weighted by Crippen LogP contribution is -2.10. The van der Waals surface area contributed by atoms with Crippen LogP contribution < -0.4 is 10.1 Å². The van der Waals surface area contributed by atoms with Gasteiger partial charge in [-0.05, 0) is 38.1 Å². The van der Waals surface area contributed by atoms with Gasteiger partial charge < -0.3 is 10.1 Å². The zero-order chi connectivity index (χ0) is 14.5.